The van der Waals surface area contributed by atoms with E-state index in [-0.39, 0.29) is 11.7 Å². The monoisotopic (exact) mass is 404 g/mol. The number of hydrogen-bond donors (Lipinski definition) is 1. The van der Waals surface area contributed by atoms with Gasteiger partial charge in [0.2, 0.25) is 6.39 Å². The Morgan fingerprint density at radius 2 is 1.93 bits per heavy atom. The number of halogens is 1. The third-order valence-corrected chi connectivity index (χ3v) is 5.80. The van der Waals surface area contributed by atoms with Crippen molar-refractivity contribution in [3.8, 4) is 11.1 Å². The molecule has 0 unspecified atom stereocenters. The molecule has 2 N–H and O–H groups in total. The first kappa shape index (κ1) is 18.5. The standard InChI is InChI=1S/C22H21FN6O/c1-13-8-15(2-3-19(13)24)17-9-16(23)10-18-20(17)25-11-26-22(18)29-6-4-14(5-7-29)21-27-12-30-28-21/h2-3,8-12,14H,4-7,24H2,1H3. The van der Waals surface area contributed by atoms with E-state index < -0.39 is 0 Å². The minimum Gasteiger partial charge on any atom is -0.399 e. The lowest BCUT2D eigenvalue weighted by Crippen LogP contribution is -2.34. The van der Waals surface area contributed by atoms with Crippen molar-refractivity contribution in [1.29, 1.82) is 0 Å². The predicted octanol–water partition coefficient (Wildman–Crippen LogP) is 4.09. The Hall–Kier alpha value is -3.55. The molecule has 2 aromatic heterocycles. The molecule has 0 atom stereocenters. The average molecular weight is 404 g/mol. The molecule has 0 spiro atoms. The van der Waals surface area contributed by atoms with Crippen LogP contribution in [0.1, 0.15) is 30.1 Å². The van der Waals surface area contributed by atoms with Gasteiger partial charge in [0.05, 0.1) is 5.52 Å². The highest BCUT2D eigenvalue weighted by atomic mass is 19.1. The number of fused-ring (bicyclic) bond motifs is 1. The second kappa shape index (κ2) is 7.37. The highest BCUT2D eigenvalue weighted by Crippen LogP contribution is 2.35. The van der Waals surface area contributed by atoms with E-state index in [2.05, 4.69) is 25.0 Å². The lowest BCUT2D eigenvalue weighted by molar-refractivity contribution is 0.392. The van der Waals surface area contributed by atoms with Crippen LogP contribution in [0.25, 0.3) is 22.0 Å². The van der Waals surface area contributed by atoms with Crippen LogP contribution in [0.5, 0.6) is 0 Å². The molecule has 0 saturated carbocycles. The second-order valence-electron chi connectivity index (χ2n) is 7.67. The van der Waals surface area contributed by atoms with E-state index in [9.17, 15) is 4.39 Å². The fourth-order valence-electron chi connectivity index (χ4n) is 4.14. The van der Waals surface area contributed by atoms with Crippen molar-refractivity contribution in [2.75, 3.05) is 23.7 Å². The number of nitrogens with two attached hydrogens (primary N) is 1. The molecule has 2 aromatic carbocycles. The zero-order chi connectivity index (χ0) is 20.7. The molecule has 0 aliphatic carbocycles. The number of hydrogen-bond acceptors (Lipinski definition) is 7. The molecule has 1 fully saturated rings. The Morgan fingerprint density at radius 1 is 1.10 bits per heavy atom. The molecule has 0 amide bonds. The van der Waals surface area contributed by atoms with Crippen LogP contribution in [0.4, 0.5) is 15.9 Å². The number of aromatic nitrogens is 4. The van der Waals surface area contributed by atoms with Crippen molar-refractivity contribution in [1.82, 2.24) is 20.1 Å². The van der Waals surface area contributed by atoms with Gasteiger partial charge < -0.3 is 15.2 Å². The van der Waals surface area contributed by atoms with Crippen molar-refractivity contribution >= 4 is 22.4 Å². The van der Waals surface area contributed by atoms with Gasteiger partial charge in [-0.25, -0.2) is 14.4 Å². The summed E-state index contributed by atoms with van der Waals surface area (Å²) >= 11 is 0. The molecule has 152 valence electrons. The van der Waals surface area contributed by atoms with Gasteiger partial charge in [-0.15, -0.1) is 0 Å². The van der Waals surface area contributed by atoms with Gasteiger partial charge >= 0.3 is 0 Å². The van der Waals surface area contributed by atoms with Crippen molar-refractivity contribution in [2.45, 2.75) is 25.7 Å². The van der Waals surface area contributed by atoms with Gasteiger partial charge in [-0.05, 0) is 55.2 Å². The summed E-state index contributed by atoms with van der Waals surface area (Å²) in [5, 5.41) is 4.68. The van der Waals surface area contributed by atoms with Crippen molar-refractivity contribution in [3.05, 3.63) is 60.3 Å². The zero-order valence-corrected chi connectivity index (χ0v) is 16.5. The number of nitrogens with zero attached hydrogens (tertiary/aromatic N) is 5. The van der Waals surface area contributed by atoms with Crippen molar-refractivity contribution < 1.29 is 8.91 Å². The van der Waals surface area contributed by atoms with Crippen LogP contribution in [0, 0.1) is 12.7 Å². The van der Waals surface area contributed by atoms with Gasteiger partial charge in [-0.2, -0.15) is 4.98 Å². The lowest BCUT2D eigenvalue weighted by atomic mass is 9.95. The predicted molar refractivity (Wildman–Crippen MR) is 113 cm³/mol. The van der Waals surface area contributed by atoms with Crippen LogP contribution in [0.2, 0.25) is 0 Å². The van der Waals surface area contributed by atoms with Gasteiger partial charge in [-0.1, -0.05) is 11.2 Å². The lowest BCUT2D eigenvalue weighted by Gasteiger charge is -2.32. The van der Waals surface area contributed by atoms with Gasteiger partial charge in [0.15, 0.2) is 5.82 Å². The van der Waals surface area contributed by atoms with Crippen LogP contribution >= 0.6 is 0 Å². The Morgan fingerprint density at radius 3 is 2.67 bits per heavy atom. The number of benzene rings is 2. The Labute approximate surface area is 172 Å². The van der Waals surface area contributed by atoms with Gasteiger partial charge in [-0.3, -0.25) is 0 Å². The molecule has 7 nitrogen and oxygen atoms in total. The van der Waals surface area contributed by atoms with Gasteiger partial charge in [0.1, 0.15) is 18.0 Å². The number of aryl methyl sites for hydroxylation is 1. The summed E-state index contributed by atoms with van der Waals surface area (Å²) in [6.07, 6.45) is 4.67. The summed E-state index contributed by atoms with van der Waals surface area (Å²) in [7, 11) is 0. The highest BCUT2D eigenvalue weighted by Gasteiger charge is 2.26. The first-order valence-corrected chi connectivity index (χ1v) is 9.92. The Kier molecular flexibility index (Phi) is 4.54. The Balaban J connectivity index is 1.53. The van der Waals surface area contributed by atoms with Crippen LogP contribution in [-0.2, 0) is 0 Å². The third-order valence-electron chi connectivity index (χ3n) is 5.80. The molecule has 8 heteroatoms. The van der Waals surface area contributed by atoms with Crippen LogP contribution in [0.3, 0.4) is 0 Å². The first-order chi connectivity index (χ1) is 14.6. The second-order valence-corrected chi connectivity index (χ2v) is 7.67. The molecule has 3 heterocycles. The summed E-state index contributed by atoms with van der Waals surface area (Å²) in [6, 6.07) is 8.73. The fourth-order valence-corrected chi connectivity index (χ4v) is 4.14. The van der Waals surface area contributed by atoms with Crippen molar-refractivity contribution in [3.63, 3.8) is 0 Å². The largest absolute Gasteiger partial charge is 0.399 e. The minimum absolute atomic E-state index is 0.262. The molecule has 0 radical (unpaired) electrons. The molecular formula is C22H21FN6O. The summed E-state index contributed by atoms with van der Waals surface area (Å²) in [5.41, 5.74) is 9.95. The zero-order valence-electron chi connectivity index (χ0n) is 16.5. The van der Waals surface area contributed by atoms with Gasteiger partial charge in [0.25, 0.3) is 0 Å². The molecule has 1 aliphatic heterocycles. The SMILES string of the molecule is Cc1cc(-c2cc(F)cc3c(N4CCC(c5ncon5)CC4)ncnc23)ccc1N. The van der Waals surface area contributed by atoms with E-state index in [1.54, 1.807) is 6.33 Å². The molecule has 1 saturated heterocycles. The smallest absolute Gasteiger partial charge is 0.213 e. The third kappa shape index (κ3) is 3.24. The maximum atomic E-state index is 14.6. The minimum atomic E-state index is -0.315. The number of rotatable bonds is 3. The summed E-state index contributed by atoms with van der Waals surface area (Å²) in [4.78, 5) is 15.4. The van der Waals surface area contributed by atoms with E-state index in [4.69, 9.17) is 10.3 Å². The summed E-state index contributed by atoms with van der Waals surface area (Å²) < 4.78 is 19.5. The number of nitrogen functional groups attached to an aromatic ring is 1. The fraction of sp³-hybridized carbons (Fsp3) is 0.273. The summed E-state index contributed by atoms with van der Waals surface area (Å²) in [6.45, 7) is 3.49. The molecule has 1 aliphatic rings. The maximum Gasteiger partial charge on any atom is 0.213 e. The quantitative estimate of drug-likeness (QED) is 0.514. The van der Waals surface area contributed by atoms with Crippen LogP contribution < -0.4 is 10.6 Å². The Bertz CT molecular complexity index is 1200. The molecular weight excluding hydrogens is 383 g/mol. The molecule has 4 aromatic rings. The highest BCUT2D eigenvalue weighted by molar-refractivity contribution is 5.99. The van der Waals surface area contributed by atoms with E-state index in [1.807, 2.05) is 25.1 Å². The van der Waals surface area contributed by atoms with Crippen LogP contribution in [0.15, 0.2) is 47.6 Å². The summed E-state index contributed by atoms with van der Waals surface area (Å²) in [5.74, 6) is 1.44. The van der Waals surface area contributed by atoms with Gasteiger partial charge in [0, 0.05) is 35.6 Å². The van der Waals surface area contributed by atoms with E-state index in [1.165, 1.54) is 18.5 Å². The van der Waals surface area contributed by atoms with E-state index >= 15 is 0 Å². The maximum absolute atomic E-state index is 14.6. The topological polar surface area (TPSA) is 94.0 Å². The molecule has 0 bridgehead atoms. The van der Waals surface area contributed by atoms with Crippen LogP contribution in [-0.4, -0.2) is 33.2 Å². The van der Waals surface area contributed by atoms with Crippen molar-refractivity contribution in [2.24, 2.45) is 0 Å². The first-order valence-electron chi connectivity index (χ1n) is 9.92. The van der Waals surface area contributed by atoms with E-state index in [0.717, 1.165) is 59.8 Å². The number of anilines is 2. The van der Waals surface area contributed by atoms with E-state index in [0.29, 0.717) is 11.1 Å². The molecule has 30 heavy (non-hydrogen) atoms. The molecule has 5 rings (SSSR count). The average Bonchev–Trinajstić information content (AvgIpc) is 3.30. The normalized spacial score (nSPS) is 15.1. The number of piperidine rings is 1.